The van der Waals surface area contributed by atoms with Crippen LogP contribution in [-0.2, 0) is 9.53 Å². The molecule has 0 spiro atoms. The van der Waals surface area contributed by atoms with Gasteiger partial charge in [0.05, 0.1) is 12.2 Å². The highest BCUT2D eigenvalue weighted by atomic mass is 16.5. The monoisotopic (exact) mass is 233 g/mol. The number of benzene rings is 1. The lowest BCUT2D eigenvalue weighted by molar-refractivity contribution is -0.139. The van der Waals surface area contributed by atoms with Gasteiger partial charge in [0.1, 0.15) is 0 Å². The van der Waals surface area contributed by atoms with Crippen molar-refractivity contribution < 1.29 is 14.3 Å². The molecule has 0 amide bonds. The third-order valence-corrected chi connectivity index (χ3v) is 2.23. The highest BCUT2D eigenvalue weighted by Gasteiger charge is 2.23. The van der Waals surface area contributed by atoms with Crippen molar-refractivity contribution in [3.63, 3.8) is 0 Å². The molecular formula is C12H15N3O2. The van der Waals surface area contributed by atoms with Crippen molar-refractivity contribution in [2.24, 2.45) is 0 Å². The third-order valence-electron chi connectivity index (χ3n) is 2.23. The van der Waals surface area contributed by atoms with Gasteiger partial charge in [0.25, 0.3) is 0 Å². The molecule has 0 saturated heterocycles. The summed E-state index contributed by atoms with van der Waals surface area (Å²) < 4.78 is 4.79. The molecular weight excluding hydrogens is 218 g/mol. The topological polar surface area (TPSA) is 65.9 Å². The van der Waals surface area contributed by atoms with E-state index in [9.17, 15) is 4.79 Å². The second-order valence-electron chi connectivity index (χ2n) is 3.61. The van der Waals surface area contributed by atoms with Gasteiger partial charge in [-0.05, 0) is 31.2 Å². The van der Waals surface area contributed by atoms with Gasteiger partial charge in [-0.15, -0.1) is 0 Å². The number of anilines is 1. The van der Waals surface area contributed by atoms with E-state index < -0.39 is 5.97 Å². The predicted molar refractivity (Wildman–Crippen MR) is 65.1 cm³/mol. The Bertz CT molecular complexity index is 445. The molecule has 5 heteroatoms. The molecule has 0 unspecified atom stereocenters. The van der Waals surface area contributed by atoms with E-state index in [-0.39, 0.29) is 12.3 Å². The van der Waals surface area contributed by atoms with Gasteiger partial charge in [-0.25, -0.2) is 4.79 Å². The van der Waals surface area contributed by atoms with Crippen LogP contribution in [0.2, 0.25) is 0 Å². The molecule has 90 valence electrons. The van der Waals surface area contributed by atoms with Crippen molar-refractivity contribution in [3.05, 3.63) is 35.4 Å². The number of rotatable bonds is 4. The largest absolute Gasteiger partial charge is 0.457 e. The quantitative estimate of drug-likeness (QED) is 0.341. The van der Waals surface area contributed by atoms with Gasteiger partial charge in [-0.3, -0.25) is 0 Å². The molecule has 0 aliphatic rings. The van der Waals surface area contributed by atoms with Gasteiger partial charge in [0.2, 0.25) is 0 Å². The first-order valence-corrected chi connectivity index (χ1v) is 5.27. The molecule has 17 heavy (non-hydrogen) atoms. The molecule has 0 aliphatic carbocycles. The molecule has 0 radical (unpaired) electrons. The van der Waals surface area contributed by atoms with Crippen molar-refractivity contribution in [3.8, 4) is 0 Å². The van der Waals surface area contributed by atoms with Crippen molar-refractivity contribution >= 4 is 17.4 Å². The third kappa shape index (κ3) is 3.16. The van der Waals surface area contributed by atoms with Gasteiger partial charge < -0.3 is 15.2 Å². The average molecular weight is 233 g/mol. The van der Waals surface area contributed by atoms with E-state index in [1.54, 1.807) is 19.1 Å². The van der Waals surface area contributed by atoms with Crippen LogP contribution >= 0.6 is 0 Å². The van der Waals surface area contributed by atoms with Crippen molar-refractivity contribution in [1.82, 2.24) is 0 Å². The Morgan fingerprint density at radius 1 is 1.35 bits per heavy atom. The highest BCUT2D eigenvalue weighted by molar-refractivity contribution is 6.40. The van der Waals surface area contributed by atoms with E-state index in [2.05, 4.69) is 4.79 Å². The second kappa shape index (κ2) is 5.82. The maximum atomic E-state index is 11.5. The summed E-state index contributed by atoms with van der Waals surface area (Å²) >= 11 is 0. The minimum Gasteiger partial charge on any atom is -0.457 e. The molecule has 0 bridgehead atoms. The summed E-state index contributed by atoms with van der Waals surface area (Å²) in [6.45, 7) is 1.94. The van der Waals surface area contributed by atoms with Crippen LogP contribution in [0.15, 0.2) is 24.3 Å². The van der Waals surface area contributed by atoms with Crippen LogP contribution in [0, 0.1) is 0 Å². The van der Waals surface area contributed by atoms with Gasteiger partial charge in [0.15, 0.2) is 0 Å². The Labute approximate surface area is 100 Å². The number of carbonyl (C=O) groups is 1. The lowest BCUT2D eigenvalue weighted by Crippen LogP contribution is -2.20. The van der Waals surface area contributed by atoms with Gasteiger partial charge in [-0.1, -0.05) is 0 Å². The van der Waals surface area contributed by atoms with Crippen molar-refractivity contribution in [2.75, 3.05) is 25.6 Å². The zero-order valence-electron chi connectivity index (χ0n) is 10.2. The molecule has 0 atom stereocenters. The Morgan fingerprint density at radius 3 is 2.35 bits per heavy atom. The molecule has 0 N–H and O–H groups in total. The first-order chi connectivity index (χ1) is 8.10. The number of hydrogen-bond donors (Lipinski definition) is 0. The lowest BCUT2D eigenvalue weighted by Gasteiger charge is -2.11. The number of ether oxygens (including phenoxy) is 1. The van der Waals surface area contributed by atoms with E-state index in [0.29, 0.717) is 5.56 Å². The summed E-state index contributed by atoms with van der Waals surface area (Å²) in [6, 6.07) is 7.09. The first kappa shape index (κ1) is 12.9. The number of nitrogens with zero attached hydrogens (tertiary/aromatic N) is 3. The molecule has 5 nitrogen and oxygen atoms in total. The van der Waals surface area contributed by atoms with Crippen LogP contribution in [0.4, 0.5) is 5.69 Å². The summed E-state index contributed by atoms with van der Waals surface area (Å²) in [5, 5.41) is 0. The summed E-state index contributed by atoms with van der Waals surface area (Å²) in [4.78, 5) is 16.4. The standard InChI is InChI=1S/C12H15N3O2/c1-4-17-12(16)11(14-13)9-5-7-10(8-6-9)15(2)3/h5-8H,4H2,1-3H3. The minimum atomic E-state index is -0.632. The minimum absolute atomic E-state index is 0.0860. The van der Waals surface area contributed by atoms with Crippen LogP contribution in [0.5, 0.6) is 0 Å². The first-order valence-electron chi connectivity index (χ1n) is 5.27. The normalized spacial score (nSPS) is 9.35. The van der Waals surface area contributed by atoms with E-state index in [4.69, 9.17) is 10.3 Å². The lowest BCUT2D eigenvalue weighted by atomic mass is 10.1. The molecule has 0 saturated carbocycles. The van der Waals surface area contributed by atoms with Gasteiger partial charge >= 0.3 is 11.7 Å². The van der Waals surface area contributed by atoms with Crippen LogP contribution in [-0.4, -0.2) is 37.2 Å². The van der Waals surface area contributed by atoms with E-state index >= 15 is 0 Å². The van der Waals surface area contributed by atoms with E-state index in [1.165, 1.54) is 0 Å². The van der Waals surface area contributed by atoms with Crippen molar-refractivity contribution in [2.45, 2.75) is 6.92 Å². The number of hydrogen-bond acceptors (Lipinski definition) is 3. The number of esters is 1. The fourth-order valence-electron chi connectivity index (χ4n) is 1.33. The maximum absolute atomic E-state index is 11.5. The van der Waals surface area contributed by atoms with E-state index in [0.717, 1.165) is 5.69 Å². The summed E-state index contributed by atoms with van der Waals surface area (Å²) in [5.41, 5.74) is 10.3. The molecule has 1 aromatic rings. The summed E-state index contributed by atoms with van der Waals surface area (Å²) in [5.74, 6) is -0.632. The Morgan fingerprint density at radius 2 is 1.94 bits per heavy atom. The SMILES string of the molecule is CCOC(=O)C(=[N+]=[N-])c1ccc(N(C)C)cc1. The fourth-order valence-corrected chi connectivity index (χ4v) is 1.33. The van der Waals surface area contributed by atoms with Crippen molar-refractivity contribution in [1.29, 1.82) is 0 Å². The molecule has 1 aromatic carbocycles. The Balaban J connectivity index is 2.99. The Kier molecular flexibility index (Phi) is 4.43. The van der Waals surface area contributed by atoms with Gasteiger partial charge in [0, 0.05) is 19.8 Å². The molecule has 0 aromatic heterocycles. The zero-order valence-corrected chi connectivity index (χ0v) is 10.2. The summed E-state index contributed by atoms with van der Waals surface area (Å²) in [7, 11) is 3.84. The second-order valence-corrected chi connectivity index (χ2v) is 3.61. The molecule has 0 fully saturated rings. The average Bonchev–Trinajstić information content (AvgIpc) is 2.31. The molecule has 1 rings (SSSR count). The van der Waals surface area contributed by atoms with Crippen LogP contribution in [0.3, 0.4) is 0 Å². The maximum Gasteiger partial charge on any atom is 0.422 e. The molecule has 0 heterocycles. The predicted octanol–water partition coefficient (Wildman–Crippen LogP) is 1.33. The molecule has 0 aliphatic heterocycles. The van der Waals surface area contributed by atoms with Gasteiger partial charge in [-0.2, -0.15) is 4.79 Å². The van der Waals surface area contributed by atoms with E-state index in [1.807, 2.05) is 31.1 Å². The van der Waals surface area contributed by atoms with Crippen LogP contribution in [0.1, 0.15) is 12.5 Å². The highest BCUT2D eigenvalue weighted by Crippen LogP contribution is 2.12. The summed E-state index contributed by atoms with van der Waals surface area (Å²) in [6.07, 6.45) is 0. The zero-order chi connectivity index (χ0) is 12.8. The van der Waals surface area contributed by atoms with Crippen LogP contribution in [0.25, 0.3) is 5.53 Å². The fraction of sp³-hybridized carbons (Fsp3) is 0.333. The smallest absolute Gasteiger partial charge is 0.422 e. The Hall–Kier alpha value is -2.13. The number of carbonyl (C=O) groups excluding carboxylic acids is 1. The van der Waals surface area contributed by atoms with Crippen LogP contribution < -0.4 is 4.90 Å².